The Morgan fingerprint density at radius 3 is 2.11 bits per heavy atom. The minimum Gasteiger partial charge on any atom is -0.778 e. The third kappa shape index (κ3) is 2.27. The summed E-state index contributed by atoms with van der Waals surface area (Å²) in [6.45, 7) is 0. The molecule has 0 aliphatic heterocycles. The van der Waals surface area contributed by atoms with E-state index in [1.165, 1.54) is 0 Å². The van der Waals surface area contributed by atoms with Gasteiger partial charge in [0.15, 0.2) is 0 Å². The molecule has 1 aromatic carbocycles. The maximum atomic E-state index is 5.42. The van der Waals surface area contributed by atoms with E-state index in [2.05, 4.69) is 0 Å². The molecule has 0 spiro atoms. The molecule has 0 atom stereocenters. The van der Waals surface area contributed by atoms with Crippen LogP contribution in [0.15, 0.2) is 29.2 Å². The molecular weight excluding hydrogens is 125 g/mol. The van der Waals surface area contributed by atoms with Crippen molar-refractivity contribution in [2.45, 2.75) is 4.90 Å². The van der Waals surface area contributed by atoms with Gasteiger partial charge in [-0.2, -0.15) is 4.90 Å². The van der Waals surface area contributed by atoms with Crippen LogP contribution in [0, 0.1) is 0 Å². The van der Waals surface area contributed by atoms with Crippen molar-refractivity contribution in [3.8, 4) is 0 Å². The van der Waals surface area contributed by atoms with E-state index < -0.39 is 0 Å². The third-order valence-corrected chi connectivity index (χ3v) is 1.29. The van der Waals surface area contributed by atoms with Crippen LogP contribution in [0.1, 0.15) is 0 Å². The Kier molecular flexibility index (Phi) is 3.72. The molecule has 0 saturated carbocycles. The second kappa shape index (κ2) is 3.79. The molecule has 0 radical (unpaired) electrons. The van der Waals surface area contributed by atoms with Crippen molar-refractivity contribution in [2.75, 3.05) is 5.73 Å². The first kappa shape index (κ1) is 8.84. The molecule has 42 valence electrons. The van der Waals surface area contributed by atoms with Gasteiger partial charge in [0.25, 0.3) is 0 Å². The van der Waals surface area contributed by atoms with Gasteiger partial charge < -0.3 is 18.4 Å². The molecule has 9 heavy (non-hydrogen) atoms. The van der Waals surface area contributed by atoms with Gasteiger partial charge in [-0.1, -0.05) is 18.2 Å². The van der Waals surface area contributed by atoms with Gasteiger partial charge >= 0.3 is 18.9 Å². The van der Waals surface area contributed by atoms with Gasteiger partial charge in [0.2, 0.25) is 0 Å². The van der Waals surface area contributed by atoms with Gasteiger partial charge in [0.1, 0.15) is 0 Å². The standard InChI is InChI=1S/C6H7NS.Li/c7-5-3-1-2-4-6(5)8;/h1-4,8H,7H2;/q;+1/p-1. The van der Waals surface area contributed by atoms with E-state index in [0.29, 0.717) is 5.69 Å². The van der Waals surface area contributed by atoms with Crippen LogP contribution < -0.4 is 24.6 Å². The normalized spacial score (nSPS) is 8.00. The summed E-state index contributed by atoms with van der Waals surface area (Å²) in [5.74, 6) is 0. The van der Waals surface area contributed by atoms with Gasteiger partial charge in [0, 0.05) is 5.69 Å². The number of rotatable bonds is 0. The van der Waals surface area contributed by atoms with E-state index in [-0.39, 0.29) is 18.9 Å². The SMILES string of the molecule is Nc1ccccc1[S-].[Li+]. The van der Waals surface area contributed by atoms with E-state index in [0.717, 1.165) is 4.90 Å². The van der Waals surface area contributed by atoms with E-state index >= 15 is 0 Å². The van der Waals surface area contributed by atoms with Crippen LogP contribution in [0.5, 0.6) is 0 Å². The second-order valence-electron chi connectivity index (χ2n) is 1.54. The molecule has 1 nitrogen and oxygen atoms in total. The van der Waals surface area contributed by atoms with Crippen molar-refractivity contribution >= 4 is 18.3 Å². The van der Waals surface area contributed by atoms with Crippen molar-refractivity contribution < 1.29 is 18.9 Å². The maximum absolute atomic E-state index is 5.42. The van der Waals surface area contributed by atoms with E-state index in [9.17, 15) is 0 Å². The summed E-state index contributed by atoms with van der Waals surface area (Å²) in [6, 6.07) is 7.34. The van der Waals surface area contributed by atoms with Crippen LogP contribution >= 0.6 is 0 Å². The summed E-state index contributed by atoms with van der Waals surface area (Å²) in [4.78, 5) is 0.729. The van der Waals surface area contributed by atoms with Crippen LogP contribution in [-0.2, 0) is 12.6 Å². The molecule has 0 saturated heterocycles. The number of hydrogen-bond acceptors (Lipinski definition) is 2. The fourth-order valence-electron chi connectivity index (χ4n) is 0.481. The number of anilines is 1. The number of para-hydroxylation sites is 1. The molecule has 2 N–H and O–H groups in total. The summed E-state index contributed by atoms with van der Waals surface area (Å²) in [5.41, 5.74) is 6.10. The Morgan fingerprint density at radius 1 is 1.22 bits per heavy atom. The zero-order valence-corrected chi connectivity index (χ0v) is 6.11. The van der Waals surface area contributed by atoms with E-state index in [4.69, 9.17) is 18.4 Å². The van der Waals surface area contributed by atoms with Crippen molar-refractivity contribution in [1.29, 1.82) is 0 Å². The molecule has 0 bridgehead atoms. The maximum Gasteiger partial charge on any atom is 1.00 e. The second-order valence-corrected chi connectivity index (χ2v) is 1.98. The molecular formula is C6H6LiNS. The van der Waals surface area contributed by atoms with Gasteiger partial charge in [-0.3, -0.25) is 0 Å². The summed E-state index contributed by atoms with van der Waals surface area (Å²) >= 11 is 4.83. The first-order valence-corrected chi connectivity index (χ1v) is 2.73. The van der Waals surface area contributed by atoms with Crippen molar-refractivity contribution in [3.63, 3.8) is 0 Å². The Labute approximate surface area is 72.2 Å². The van der Waals surface area contributed by atoms with Crippen molar-refractivity contribution in [3.05, 3.63) is 24.3 Å². The summed E-state index contributed by atoms with van der Waals surface area (Å²) in [6.07, 6.45) is 0. The molecule has 0 aliphatic rings. The fourth-order valence-corrected chi connectivity index (χ4v) is 0.627. The first-order valence-electron chi connectivity index (χ1n) is 2.32. The topological polar surface area (TPSA) is 26.0 Å². The molecule has 1 rings (SSSR count). The van der Waals surface area contributed by atoms with Crippen molar-refractivity contribution in [2.24, 2.45) is 0 Å². The predicted octanol–water partition coefficient (Wildman–Crippen LogP) is -1.82. The number of nitrogen functional groups attached to an aromatic ring is 1. The zero-order valence-electron chi connectivity index (χ0n) is 5.29. The summed E-state index contributed by atoms with van der Waals surface area (Å²) in [7, 11) is 0. The van der Waals surface area contributed by atoms with E-state index in [1.54, 1.807) is 6.07 Å². The molecule has 0 unspecified atom stereocenters. The van der Waals surface area contributed by atoms with Crippen LogP contribution in [-0.4, -0.2) is 0 Å². The quantitative estimate of drug-likeness (QED) is 0.255. The van der Waals surface area contributed by atoms with Crippen LogP contribution in [0.4, 0.5) is 5.69 Å². The molecule has 0 amide bonds. The molecule has 3 heteroatoms. The molecule has 1 aromatic rings. The van der Waals surface area contributed by atoms with Gasteiger partial charge in [-0.25, -0.2) is 0 Å². The van der Waals surface area contributed by atoms with Crippen LogP contribution in [0.25, 0.3) is 0 Å². The molecule has 0 heterocycles. The molecule has 0 aliphatic carbocycles. The smallest absolute Gasteiger partial charge is 0.778 e. The van der Waals surface area contributed by atoms with Crippen LogP contribution in [0.2, 0.25) is 0 Å². The Morgan fingerprint density at radius 2 is 1.78 bits per heavy atom. The minimum absolute atomic E-state index is 0. The number of nitrogens with two attached hydrogens (primary N) is 1. The van der Waals surface area contributed by atoms with E-state index in [1.807, 2.05) is 18.2 Å². The Hall–Kier alpha value is -0.163. The van der Waals surface area contributed by atoms with Gasteiger partial charge in [0.05, 0.1) is 0 Å². The summed E-state index contributed by atoms with van der Waals surface area (Å²) in [5, 5.41) is 0. The van der Waals surface area contributed by atoms with Gasteiger partial charge in [-0.15, -0.1) is 0 Å². The van der Waals surface area contributed by atoms with Crippen LogP contribution in [0.3, 0.4) is 0 Å². The number of benzene rings is 1. The Balaban J connectivity index is 0.000000640. The zero-order chi connectivity index (χ0) is 5.98. The average Bonchev–Trinajstić information content (AvgIpc) is 1.77. The monoisotopic (exact) mass is 131 g/mol. The third-order valence-electron chi connectivity index (χ3n) is 0.919. The Bertz CT molecular complexity index is 169. The molecule has 0 fully saturated rings. The molecule has 0 aromatic heterocycles. The predicted molar refractivity (Wildman–Crippen MR) is 36.5 cm³/mol. The summed E-state index contributed by atoms with van der Waals surface area (Å²) < 4.78 is 0. The number of hydrogen-bond donors (Lipinski definition) is 1. The first-order chi connectivity index (χ1) is 3.80. The minimum atomic E-state index is 0. The fraction of sp³-hybridized carbons (Fsp3) is 0. The average molecular weight is 131 g/mol. The largest absolute Gasteiger partial charge is 1.00 e. The van der Waals surface area contributed by atoms with Gasteiger partial charge in [-0.05, 0) is 6.07 Å². The van der Waals surface area contributed by atoms with Crippen molar-refractivity contribution in [1.82, 2.24) is 0 Å².